The van der Waals surface area contributed by atoms with Crippen LogP contribution in [0.15, 0.2) is 35.7 Å². The highest BCUT2D eigenvalue weighted by Gasteiger charge is 2.33. The van der Waals surface area contributed by atoms with Crippen molar-refractivity contribution in [2.75, 3.05) is 26.2 Å². The van der Waals surface area contributed by atoms with Crippen molar-refractivity contribution in [3.63, 3.8) is 0 Å². The first-order valence-corrected chi connectivity index (χ1v) is 11.3. The van der Waals surface area contributed by atoms with Crippen LogP contribution in [0.25, 0.3) is 0 Å². The van der Waals surface area contributed by atoms with Gasteiger partial charge in [0.05, 0.1) is 18.7 Å². The van der Waals surface area contributed by atoms with Gasteiger partial charge >= 0.3 is 0 Å². The van der Waals surface area contributed by atoms with Gasteiger partial charge in [-0.3, -0.25) is 9.69 Å². The molecule has 2 heterocycles. The van der Waals surface area contributed by atoms with Crippen molar-refractivity contribution in [3.8, 4) is 5.75 Å². The Labute approximate surface area is 181 Å². The monoisotopic (exact) mass is 436 g/mol. The lowest BCUT2D eigenvalue weighted by molar-refractivity contribution is -0.136. The molecule has 5 nitrogen and oxygen atoms in total. The number of amides is 1. The van der Waals surface area contributed by atoms with E-state index in [0.29, 0.717) is 31.3 Å². The number of halogens is 1. The first-order chi connectivity index (χ1) is 13.8. The molecule has 1 N–H and O–H groups in total. The molecular formula is C22H29ClN2O3S. The number of nitrogens with zero attached hydrogens (tertiary/aromatic N) is 2. The molecular weight excluding hydrogens is 408 g/mol. The van der Waals surface area contributed by atoms with Gasteiger partial charge in [-0.25, -0.2) is 0 Å². The van der Waals surface area contributed by atoms with Gasteiger partial charge in [-0.05, 0) is 68.5 Å². The van der Waals surface area contributed by atoms with Gasteiger partial charge < -0.3 is 14.7 Å². The van der Waals surface area contributed by atoms with Crippen LogP contribution in [0.1, 0.15) is 37.3 Å². The molecule has 0 spiro atoms. The van der Waals surface area contributed by atoms with Crippen LogP contribution < -0.4 is 4.74 Å². The van der Waals surface area contributed by atoms with Gasteiger partial charge in [-0.15, -0.1) is 11.3 Å². The minimum Gasteiger partial charge on any atom is -0.491 e. The van der Waals surface area contributed by atoms with E-state index in [1.807, 2.05) is 35.8 Å². The maximum atomic E-state index is 13.2. The Bertz CT molecular complexity index is 807. The molecule has 0 radical (unpaired) electrons. The summed E-state index contributed by atoms with van der Waals surface area (Å²) >= 11 is 7.70. The minimum atomic E-state index is -0.473. The number of thiophene rings is 1. The summed E-state index contributed by atoms with van der Waals surface area (Å²) in [4.78, 5) is 18.5. The van der Waals surface area contributed by atoms with Crippen molar-refractivity contribution < 1.29 is 14.6 Å². The van der Waals surface area contributed by atoms with E-state index in [2.05, 4.69) is 11.4 Å². The predicted molar refractivity (Wildman–Crippen MR) is 118 cm³/mol. The first-order valence-electron chi connectivity index (χ1n) is 10.0. The summed E-state index contributed by atoms with van der Waals surface area (Å²) in [6.45, 7) is 7.69. The molecule has 2 aromatic rings. The zero-order chi connectivity index (χ0) is 21.0. The van der Waals surface area contributed by atoms with E-state index in [0.717, 1.165) is 12.2 Å². The Kier molecular flexibility index (Phi) is 7.57. The Morgan fingerprint density at radius 1 is 1.31 bits per heavy atom. The fraction of sp³-hybridized carbons (Fsp3) is 0.500. The topological polar surface area (TPSA) is 53.0 Å². The summed E-state index contributed by atoms with van der Waals surface area (Å²) in [6.07, 6.45) is 0.396. The molecule has 1 amide bonds. The predicted octanol–water partition coefficient (Wildman–Crippen LogP) is 4.00. The SMILES string of the molecule is CC(O)CN(CC(=O)N1CCc2sccc2C1COc1ccc(Cl)cc1)C(C)C. The average Bonchev–Trinajstić information content (AvgIpc) is 3.15. The Morgan fingerprint density at radius 2 is 2.03 bits per heavy atom. The summed E-state index contributed by atoms with van der Waals surface area (Å²) in [5.41, 5.74) is 1.18. The van der Waals surface area contributed by atoms with Crippen molar-refractivity contribution in [2.45, 2.75) is 45.4 Å². The smallest absolute Gasteiger partial charge is 0.237 e. The molecule has 3 rings (SSSR count). The zero-order valence-electron chi connectivity index (χ0n) is 17.2. The second-order valence-corrected chi connectivity index (χ2v) is 9.23. The summed E-state index contributed by atoms with van der Waals surface area (Å²) in [5.74, 6) is 0.808. The normalized spacial score (nSPS) is 17.5. The van der Waals surface area contributed by atoms with E-state index in [1.54, 1.807) is 30.4 Å². The van der Waals surface area contributed by atoms with E-state index >= 15 is 0 Å². The molecule has 0 bridgehead atoms. The largest absolute Gasteiger partial charge is 0.491 e. The number of hydrogen-bond donors (Lipinski definition) is 1. The molecule has 29 heavy (non-hydrogen) atoms. The lowest BCUT2D eigenvalue weighted by Crippen LogP contribution is -2.49. The van der Waals surface area contributed by atoms with Crippen LogP contribution in [0.3, 0.4) is 0 Å². The Morgan fingerprint density at radius 3 is 2.69 bits per heavy atom. The molecule has 0 fully saturated rings. The molecule has 1 aromatic carbocycles. The number of fused-ring (bicyclic) bond motifs is 1. The number of carbonyl (C=O) groups excluding carboxylic acids is 1. The van der Waals surface area contributed by atoms with Crippen molar-refractivity contribution in [2.24, 2.45) is 0 Å². The highest BCUT2D eigenvalue weighted by atomic mass is 35.5. The average molecular weight is 437 g/mol. The molecule has 1 aliphatic rings. The molecule has 7 heteroatoms. The quantitative estimate of drug-likeness (QED) is 0.679. The van der Waals surface area contributed by atoms with E-state index in [9.17, 15) is 9.90 Å². The van der Waals surface area contributed by atoms with E-state index in [-0.39, 0.29) is 18.0 Å². The molecule has 2 atom stereocenters. The van der Waals surface area contributed by atoms with Crippen molar-refractivity contribution in [1.82, 2.24) is 9.80 Å². The van der Waals surface area contributed by atoms with E-state index < -0.39 is 6.10 Å². The summed E-state index contributed by atoms with van der Waals surface area (Å²) in [5, 5.41) is 12.5. The van der Waals surface area contributed by atoms with Crippen LogP contribution in [0, 0.1) is 0 Å². The fourth-order valence-electron chi connectivity index (χ4n) is 3.64. The maximum absolute atomic E-state index is 13.2. The Balaban J connectivity index is 1.74. The number of aliphatic hydroxyl groups is 1. The van der Waals surface area contributed by atoms with E-state index in [4.69, 9.17) is 16.3 Å². The summed E-state index contributed by atoms with van der Waals surface area (Å²) in [6, 6.07) is 9.45. The van der Waals surface area contributed by atoms with Crippen LogP contribution in [-0.2, 0) is 11.2 Å². The van der Waals surface area contributed by atoms with Crippen LogP contribution in [0.2, 0.25) is 5.02 Å². The lowest BCUT2D eigenvalue weighted by atomic mass is 10.00. The highest BCUT2D eigenvalue weighted by molar-refractivity contribution is 7.10. The van der Waals surface area contributed by atoms with Gasteiger partial charge in [0, 0.05) is 29.0 Å². The van der Waals surface area contributed by atoms with E-state index in [1.165, 1.54) is 10.4 Å². The number of ether oxygens (including phenoxy) is 1. The number of aliphatic hydroxyl groups excluding tert-OH is 1. The molecule has 2 unspecified atom stereocenters. The Hall–Kier alpha value is -1.60. The lowest BCUT2D eigenvalue weighted by Gasteiger charge is -2.38. The molecule has 0 saturated carbocycles. The van der Waals surface area contributed by atoms with Gasteiger partial charge in [0.15, 0.2) is 0 Å². The third-order valence-corrected chi connectivity index (χ3v) is 6.45. The van der Waals surface area contributed by atoms with Crippen LogP contribution in [0.5, 0.6) is 5.75 Å². The number of carbonyl (C=O) groups is 1. The first kappa shape index (κ1) is 22.1. The molecule has 158 valence electrons. The third kappa shape index (κ3) is 5.72. The minimum absolute atomic E-state index is 0.0703. The van der Waals surface area contributed by atoms with Gasteiger partial charge in [0.1, 0.15) is 12.4 Å². The maximum Gasteiger partial charge on any atom is 0.237 e. The second kappa shape index (κ2) is 9.94. The van der Waals surface area contributed by atoms with Crippen LogP contribution in [0.4, 0.5) is 0 Å². The number of hydrogen-bond acceptors (Lipinski definition) is 5. The standard InChI is InChI=1S/C22H29ClN2O3S/c1-15(2)24(12-16(3)26)13-22(27)25-10-8-21-19(9-11-29-21)20(25)14-28-18-6-4-17(23)5-7-18/h4-7,9,11,15-16,20,26H,8,10,12-14H2,1-3H3. The fourth-order valence-corrected chi connectivity index (χ4v) is 4.70. The zero-order valence-corrected chi connectivity index (χ0v) is 18.7. The molecule has 0 saturated heterocycles. The van der Waals surface area contributed by atoms with Crippen molar-refractivity contribution in [3.05, 3.63) is 51.2 Å². The summed E-state index contributed by atoms with van der Waals surface area (Å²) < 4.78 is 6.02. The van der Waals surface area contributed by atoms with Crippen molar-refractivity contribution in [1.29, 1.82) is 0 Å². The van der Waals surface area contributed by atoms with Gasteiger partial charge in [-0.1, -0.05) is 11.6 Å². The van der Waals surface area contributed by atoms with Gasteiger partial charge in [0.25, 0.3) is 0 Å². The molecule has 0 aliphatic carbocycles. The number of benzene rings is 1. The summed E-state index contributed by atoms with van der Waals surface area (Å²) in [7, 11) is 0. The van der Waals surface area contributed by atoms with Gasteiger partial charge in [-0.2, -0.15) is 0 Å². The van der Waals surface area contributed by atoms with Crippen LogP contribution in [-0.4, -0.2) is 59.2 Å². The molecule has 1 aliphatic heterocycles. The molecule has 1 aromatic heterocycles. The van der Waals surface area contributed by atoms with Crippen LogP contribution >= 0.6 is 22.9 Å². The number of rotatable bonds is 8. The highest BCUT2D eigenvalue weighted by Crippen LogP contribution is 2.34. The van der Waals surface area contributed by atoms with Gasteiger partial charge in [0.2, 0.25) is 5.91 Å². The van der Waals surface area contributed by atoms with Crippen molar-refractivity contribution >= 4 is 28.8 Å². The second-order valence-electron chi connectivity index (χ2n) is 7.79. The third-order valence-electron chi connectivity index (χ3n) is 5.20.